The van der Waals surface area contributed by atoms with Crippen molar-refractivity contribution in [2.45, 2.75) is 0 Å². The number of halogens is 1. The summed E-state index contributed by atoms with van der Waals surface area (Å²) in [4.78, 5) is 3.99. The molecule has 0 amide bonds. The highest BCUT2D eigenvalue weighted by Gasteiger charge is 1.91. The fourth-order valence-electron chi connectivity index (χ4n) is 1.28. The summed E-state index contributed by atoms with van der Waals surface area (Å²) in [6, 6.07) is 14.6. The first-order valence-electron chi connectivity index (χ1n) is 5.20. The molecule has 0 aliphatic carbocycles. The van der Waals surface area contributed by atoms with Gasteiger partial charge in [0.05, 0.1) is 5.69 Å². The van der Waals surface area contributed by atoms with E-state index in [9.17, 15) is 4.39 Å². The van der Waals surface area contributed by atoms with Crippen LogP contribution in [-0.4, -0.2) is 4.98 Å². The molecule has 17 heavy (non-hydrogen) atoms. The van der Waals surface area contributed by atoms with Crippen molar-refractivity contribution in [2.75, 3.05) is 0 Å². The molecule has 82 valence electrons. The maximum Gasteiger partial charge on any atom is 0.175 e. The Labute approximate surface area is 99.6 Å². The lowest BCUT2D eigenvalue weighted by Crippen LogP contribution is -1.78. The quantitative estimate of drug-likeness (QED) is 0.675. The van der Waals surface area contributed by atoms with Gasteiger partial charge in [-0.1, -0.05) is 30.2 Å². The van der Waals surface area contributed by atoms with E-state index in [1.165, 1.54) is 6.08 Å². The summed E-state index contributed by atoms with van der Waals surface area (Å²) in [6.45, 7) is 0. The van der Waals surface area contributed by atoms with E-state index >= 15 is 0 Å². The van der Waals surface area contributed by atoms with E-state index < -0.39 is 5.83 Å². The predicted octanol–water partition coefficient (Wildman–Crippen LogP) is 3.44. The molecule has 0 N–H and O–H groups in total. The Morgan fingerprint density at radius 3 is 2.53 bits per heavy atom. The van der Waals surface area contributed by atoms with E-state index in [-0.39, 0.29) is 0 Å². The van der Waals surface area contributed by atoms with Crippen molar-refractivity contribution >= 4 is 6.08 Å². The monoisotopic (exact) mass is 223 g/mol. The molecule has 0 atom stereocenters. The highest BCUT2D eigenvalue weighted by Crippen LogP contribution is 2.04. The van der Waals surface area contributed by atoms with Crippen LogP contribution in [0.5, 0.6) is 0 Å². The third-order valence-electron chi connectivity index (χ3n) is 2.06. The number of nitrogens with zero attached hydrogens (tertiary/aromatic N) is 1. The zero-order valence-corrected chi connectivity index (χ0v) is 9.10. The van der Waals surface area contributed by atoms with Crippen LogP contribution in [0.25, 0.3) is 6.08 Å². The lowest BCUT2D eigenvalue weighted by Gasteiger charge is -1.89. The van der Waals surface area contributed by atoms with Crippen LogP contribution in [-0.2, 0) is 0 Å². The molecule has 2 rings (SSSR count). The van der Waals surface area contributed by atoms with Crippen molar-refractivity contribution in [1.29, 1.82) is 0 Å². The Kier molecular flexibility index (Phi) is 3.67. The van der Waals surface area contributed by atoms with Gasteiger partial charge in [-0.15, -0.1) is 0 Å². The molecule has 1 heterocycles. The van der Waals surface area contributed by atoms with Crippen LogP contribution in [0.15, 0.2) is 60.6 Å². The molecule has 1 aromatic carbocycles. The number of pyridine rings is 1. The smallest absolute Gasteiger partial charge is 0.175 e. The number of hydrogen-bond acceptors (Lipinski definition) is 1. The average Bonchev–Trinajstić information content (AvgIpc) is 2.39. The van der Waals surface area contributed by atoms with E-state index in [0.29, 0.717) is 5.69 Å². The van der Waals surface area contributed by atoms with Crippen LogP contribution < -0.4 is 0 Å². The maximum atomic E-state index is 13.4. The van der Waals surface area contributed by atoms with Crippen molar-refractivity contribution in [3.05, 3.63) is 71.8 Å². The lowest BCUT2D eigenvalue weighted by molar-refractivity contribution is 0.682. The van der Waals surface area contributed by atoms with Crippen LogP contribution in [0.2, 0.25) is 0 Å². The summed E-state index contributed by atoms with van der Waals surface area (Å²) in [5.74, 6) is 4.70. The van der Waals surface area contributed by atoms with E-state index in [0.717, 1.165) is 5.56 Å². The topological polar surface area (TPSA) is 12.9 Å². The second-order valence-corrected chi connectivity index (χ2v) is 3.36. The molecule has 0 unspecified atom stereocenters. The molecule has 1 aromatic heterocycles. The van der Waals surface area contributed by atoms with Gasteiger partial charge < -0.3 is 0 Å². The fourth-order valence-corrected chi connectivity index (χ4v) is 1.28. The molecule has 0 aliphatic rings. The van der Waals surface area contributed by atoms with Crippen LogP contribution in [0.1, 0.15) is 11.3 Å². The molecular formula is C15H10FN. The minimum absolute atomic E-state index is 0.493. The first-order valence-corrected chi connectivity index (χ1v) is 5.20. The first kappa shape index (κ1) is 11.1. The summed E-state index contributed by atoms with van der Waals surface area (Å²) in [7, 11) is 0. The van der Waals surface area contributed by atoms with Gasteiger partial charge in [0.15, 0.2) is 5.83 Å². The Morgan fingerprint density at radius 1 is 1.06 bits per heavy atom. The Balaban J connectivity index is 2.15. The molecule has 2 aromatic rings. The summed E-state index contributed by atoms with van der Waals surface area (Å²) in [6.07, 6.45) is 2.93. The molecule has 0 spiro atoms. The third kappa shape index (κ3) is 3.58. The standard InChI is InChI=1S/C15H10FN/c16-14(12-15-8-4-5-11-17-15)10-9-13-6-2-1-3-7-13/h1-8,11-12H. The summed E-state index contributed by atoms with van der Waals surface area (Å²) in [5.41, 5.74) is 1.35. The zero-order chi connectivity index (χ0) is 11.9. The van der Waals surface area contributed by atoms with Gasteiger partial charge in [-0.2, -0.15) is 4.39 Å². The second kappa shape index (κ2) is 5.62. The highest BCUT2D eigenvalue weighted by atomic mass is 19.1. The Bertz CT molecular complexity index is 562. The van der Waals surface area contributed by atoms with Gasteiger partial charge in [-0.05, 0) is 30.2 Å². The van der Waals surface area contributed by atoms with Crippen LogP contribution in [0.4, 0.5) is 4.39 Å². The van der Waals surface area contributed by atoms with Gasteiger partial charge in [0.25, 0.3) is 0 Å². The maximum absolute atomic E-state index is 13.4. The fraction of sp³-hybridized carbons (Fsp3) is 0. The molecular weight excluding hydrogens is 213 g/mol. The second-order valence-electron chi connectivity index (χ2n) is 3.36. The predicted molar refractivity (Wildman–Crippen MR) is 66.6 cm³/mol. The van der Waals surface area contributed by atoms with Crippen molar-refractivity contribution < 1.29 is 4.39 Å². The van der Waals surface area contributed by atoms with Gasteiger partial charge in [0.1, 0.15) is 0 Å². The van der Waals surface area contributed by atoms with Crippen molar-refractivity contribution in [1.82, 2.24) is 4.98 Å². The molecule has 0 fully saturated rings. The number of hydrogen-bond donors (Lipinski definition) is 0. The van der Waals surface area contributed by atoms with E-state index in [1.54, 1.807) is 24.4 Å². The third-order valence-corrected chi connectivity index (χ3v) is 2.06. The summed E-state index contributed by atoms with van der Waals surface area (Å²) >= 11 is 0. The highest BCUT2D eigenvalue weighted by molar-refractivity contribution is 5.53. The van der Waals surface area contributed by atoms with Crippen molar-refractivity contribution in [2.24, 2.45) is 0 Å². The van der Waals surface area contributed by atoms with Crippen molar-refractivity contribution in [3.63, 3.8) is 0 Å². The van der Waals surface area contributed by atoms with Crippen molar-refractivity contribution in [3.8, 4) is 11.8 Å². The molecule has 0 radical (unpaired) electrons. The van der Waals surface area contributed by atoms with Crippen LogP contribution in [0, 0.1) is 11.8 Å². The molecule has 0 saturated heterocycles. The minimum Gasteiger partial charge on any atom is -0.257 e. The minimum atomic E-state index is -0.493. The molecule has 1 nitrogen and oxygen atoms in total. The van der Waals surface area contributed by atoms with E-state index in [4.69, 9.17) is 0 Å². The molecule has 0 aliphatic heterocycles. The zero-order valence-electron chi connectivity index (χ0n) is 9.10. The normalized spacial score (nSPS) is 10.5. The number of aromatic nitrogens is 1. The first-order chi connectivity index (χ1) is 8.34. The molecule has 0 bridgehead atoms. The van der Waals surface area contributed by atoms with Gasteiger partial charge in [0.2, 0.25) is 0 Å². The largest absolute Gasteiger partial charge is 0.257 e. The summed E-state index contributed by atoms with van der Waals surface area (Å²) < 4.78 is 13.4. The molecule has 0 saturated carbocycles. The van der Waals surface area contributed by atoms with E-state index in [2.05, 4.69) is 16.8 Å². The average molecular weight is 223 g/mol. The molecule has 2 heteroatoms. The lowest BCUT2D eigenvalue weighted by atomic mass is 10.2. The van der Waals surface area contributed by atoms with E-state index in [1.807, 2.05) is 30.3 Å². The van der Waals surface area contributed by atoms with Gasteiger partial charge in [-0.3, -0.25) is 4.98 Å². The van der Waals surface area contributed by atoms with Gasteiger partial charge in [-0.25, -0.2) is 0 Å². The summed E-state index contributed by atoms with van der Waals surface area (Å²) in [5, 5.41) is 0. The van der Waals surface area contributed by atoms with Gasteiger partial charge in [0, 0.05) is 17.8 Å². The Morgan fingerprint density at radius 2 is 1.82 bits per heavy atom. The number of benzene rings is 1. The van der Waals surface area contributed by atoms with Crippen LogP contribution in [0.3, 0.4) is 0 Å². The van der Waals surface area contributed by atoms with Gasteiger partial charge >= 0.3 is 0 Å². The number of allylic oxidation sites excluding steroid dienone is 1. The number of rotatable bonds is 1. The SMILES string of the molecule is FC(C#Cc1ccccc1)=Cc1ccccn1. The Hall–Kier alpha value is -2.40. The van der Waals surface area contributed by atoms with Crippen LogP contribution >= 0.6 is 0 Å².